The van der Waals surface area contributed by atoms with E-state index >= 15 is 0 Å². The normalized spacial score (nSPS) is 10.2. The Morgan fingerprint density at radius 3 is 0.652 bits per heavy atom. The maximum atomic E-state index is 10.2. The fourth-order valence-electron chi connectivity index (χ4n) is 5.63. The Morgan fingerprint density at radius 1 is 0.348 bits per heavy atom. The van der Waals surface area contributed by atoms with E-state index in [1.807, 2.05) is 0 Å². The maximum absolute atomic E-state index is 10.2. The Labute approximate surface area is 309 Å². The van der Waals surface area contributed by atoms with Gasteiger partial charge in [0.2, 0.25) is 0 Å². The van der Waals surface area contributed by atoms with E-state index < -0.39 is 11.9 Å². The molecule has 0 amide bonds. The zero-order chi connectivity index (χ0) is 33.9. The van der Waals surface area contributed by atoms with Crippen LogP contribution in [0.1, 0.15) is 233 Å². The summed E-state index contributed by atoms with van der Waals surface area (Å²) in [7, 11) is 0. The number of rotatable bonds is 34. The third kappa shape index (κ3) is 63.0. The summed E-state index contributed by atoms with van der Waals surface area (Å²) in [5, 5.41) is 20.4. The molecule has 1 radical (unpaired) electrons. The molecular weight excluding hydrogens is 632 g/mol. The summed E-state index contributed by atoms with van der Waals surface area (Å²) in [6.07, 6.45) is 39.7. The first kappa shape index (κ1) is 53.0. The fourth-order valence-corrected chi connectivity index (χ4v) is 6.34. The van der Waals surface area contributed by atoms with Crippen LogP contribution in [0.3, 0.4) is 0 Å². The van der Waals surface area contributed by atoms with Crippen molar-refractivity contribution in [3.8, 4) is 0 Å². The molecular formula is C40H80CuMgO4. The van der Waals surface area contributed by atoms with Gasteiger partial charge in [0.15, 0.2) is 0 Å². The number of carboxylic acids is 2. The number of unbranched alkanes of at least 4 members (excludes halogenated alkanes) is 28. The van der Waals surface area contributed by atoms with Gasteiger partial charge in [-0.05, 0) is 25.7 Å². The van der Waals surface area contributed by atoms with Crippen LogP contribution in [-0.4, -0.2) is 32.3 Å². The Morgan fingerprint density at radius 2 is 0.522 bits per heavy atom. The minimum Gasteiger partial charge on any atom is -0.550 e. The molecule has 0 aliphatic carbocycles. The molecule has 0 atom stereocenters. The average molecular weight is 713 g/mol. The quantitative estimate of drug-likeness (QED) is 0.0491. The van der Waals surface area contributed by atoms with Crippen LogP contribution in [0.4, 0.5) is 0 Å². The van der Waals surface area contributed by atoms with Gasteiger partial charge in [0, 0.05) is 11.9 Å². The van der Waals surface area contributed by atoms with Crippen LogP contribution in [0.5, 0.6) is 0 Å². The predicted molar refractivity (Wildman–Crippen MR) is 196 cm³/mol. The molecule has 277 valence electrons. The van der Waals surface area contributed by atoms with Crippen LogP contribution < -0.4 is 10.2 Å². The molecule has 0 aliphatic rings. The van der Waals surface area contributed by atoms with Gasteiger partial charge < -0.3 is 19.8 Å². The van der Waals surface area contributed by atoms with E-state index in [0.717, 1.165) is 25.7 Å². The van der Waals surface area contributed by atoms with E-state index in [0.29, 0.717) is 20.4 Å². The summed E-state index contributed by atoms with van der Waals surface area (Å²) in [6.45, 7) is 9.08. The molecule has 46 heavy (non-hydrogen) atoms. The molecule has 0 aliphatic heterocycles. The van der Waals surface area contributed by atoms with Crippen LogP contribution >= 0.6 is 0 Å². The zero-order valence-electron chi connectivity index (χ0n) is 31.7. The van der Waals surface area contributed by atoms with E-state index in [-0.39, 0.29) is 29.9 Å². The van der Waals surface area contributed by atoms with E-state index in [2.05, 4.69) is 27.7 Å². The van der Waals surface area contributed by atoms with Gasteiger partial charge >= 0.3 is 37.4 Å². The van der Waals surface area contributed by atoms with Crippen molar-refractivity contribution in [1.29, 1.82) is 0 Å². The number of hydrogen-bond acceptors (Lipinski definition) is 4. The summed E-state index contributed by atoms with van der Waals surface area (Å²) < 4.78 is 2.97. The number of carbonyl (C=O) groups is 2. The molecule has 0 saturated carbocycles. The second-order valence-corrected chi connectivity index (χ2v) is 16.2. The van der Waals surface area contributed by atoms with Crippen molar-refractivity contribution in [2.24, 2.45) is 0 Å². The molecule has 0 fully saturated rings. The first-order valence-corrected chi connectivity index (χ1v) is 22.4. The molecule has 0 rings (SSSR count). The minimum absolute atomic E-state index is 0. The van der Waals surface area contributed by atoms with Crippen molar-refractivity contribution < 1.29 is 36.9 Å². The van der Waals surface area contributed by atoms with Crippen LogP contribution in [0.25, 0.3) is 0 Å². The van der Waals surface area contributed by atoms with Gasteiger partial charge in [-0.1, -0.05) is 207 Å². The molecule has 4 nitrogen and oxygen atoms in total. The van der Waals surface area contributed by atoms with Crippen LogP contribution in [-0.2, 0) is 26.7 Å². The number of carbonyl (C=O) groups excluding carboxylic acids is 2. The maximum Gasteiger partial charge on any atom is 2.00 e. The molecule has 0 unspecified atom stereocenters. The first-order valence-electron chi connectivity index (χ1n) is 20.4. The molecule has 0 saturated heterocycles. The number of aliphatic carboxylic acids is 2. The van der Waals surface area contributed by atoms with Crippen molar-refractivity contribution in [1.82, 2.24) is 0 Å². The number of carboxylic acid groups (broad SMARTS) is 2. The Bertz CT molecular complexity index is 501. The third-order valence-electron chi connectivity index (χ3n) is 8.68. The summed E-state index contributed by atoms with van der Waals surface area (Å²) in [5.41, 5.74) is 0. The average Bonchev–Trinajstić information content (AvgIpc) is 3.02. The topological polar surface area (TPSA) is 80.3 Å². The third-order valence-corrected chi connectivity index (χ3v) is 10.1. The monoisotopic (exact) mass is 712 g/mol. The molecule has 6 heteroatoms. The Kier molecular flexibility index (Phi) is 60.0. The summed E-state index contributed by atoms with van der Waals surface area (Å²) in [4.78, 5) is 20.4. The molecule has 0 heterocycles. The SMILES string of the molecule is CCCCCCCCCCCCCCCCCC(=O)[O-].CCCCCCCCCCCCCCCCCC(=O)[O-].C[CH2][Mg][CH2]C.[Cu+2]. The second-order valence-electron chi connectivity index (χ2n) is 13.5. The Hall–Kier alpha value is 0.226. The zero-order valence-corrected chi connectivity index (χ0v) is 34.0. The van der Waals surface area contributed by atoms with Gasteiger partial charge in [-0.15, -0.1) is 9.10 Å². The largest absolute Gasteiger partial charge is 2.00 e. The van der Waals surface area contributed by atoms with Crippen molar-refractivity contribution >= 4 is 32.3 Å². The van der Waals surface area contributed by atoms with Gasteiger partial charge in [-0.25, -0.2) is 0 Å². The van der Waals surface area contributed by atoms with E-state index in [1.54, 1.807) is 0 Å². The summed E-state index contributed by atoms with van der Waals surface area (Å²) >= 11 is 0.432. The van der Waals surface area contributed by atoms with Crippen molar-refractivity contribution in [2.75, 3.05) is 0 Å². The van der Waals surface area contributed by atoms with Crippen molar-refractivity contribution in [3.63, 3.8) is 0 Å². The molecule has 0 N–H and O–H groups in total. The van der Waals surface area contributed by atoms with E-state index in [1.165, 1.54) is 176 Å². The van der Waals surface area contributed by atoms with E-state index in [9.17, 15) is 19.8 Å². The Balaban J connectivity index is -0.000000327. The minimum atomic E-state index is -0.903. The summed E-state index contributed by atoms with van der Waals surface area (Å²) in [5.74, 6) is -1.81. The second kappa shape index (κ2) is 52.0. The predicted octanol–water partition coefficient (Wildman–Crippen LogP) is 11.6. The number of hydrogen-bond donors (Lipinski definition) is 0. The van der Waals surface area contributed by atoms with Gasteiger partial charge in [-0.3, -0.25) is 0 Å². The fraction of sp³-hybridized carbons (Fsp3) is 0.950. The molecule has 0 aromatic heterocycles. The van der Waals surface area contributed by atoms with Gasteiger partial charge in [-0.2, -0.15) is 0 Å². The van der Waals surface area contributed by atoms with Crippen molar-refractivity contribution in [3.05, 3.63) is 0 Å². The molecule has 0 aromatic carbocycles. The van der Waals surface area contributed by atoms with Crippen LogP contribution in [0.2, 0.25) is 9.10 Å². The van der Waals surface area contributed by atoms with E-state index in [4.69, 9.17) is 0 Å². The van der Waals surface area contributed by atoms with Crippen molar-refractivity contribution in [2.45, 2.75) is 242 Å². The molecule has 0 aromatic rings. The van der Waals surface area contributed by atoms with Gasteiger partial charge in [0.05, 0.1) is 0 Å². The molecule has 0 spiro atoms. The molecule has 0 bridgehead atoms. The standard InChI is InChI=1S/2C18H36O2.2C2H5.Cu.Mg/c2*1-2-3-4-5-6-7-8-9-10-11-12-13-14-15-16-17-18(19)20;2*1-2;;/h2*2-17H2,1H3,(H,19,20);2*1H2,2H3;;/q;;;;+2;/p-2. The first-order chi connectivity index (χ1) is 22.0. The summed E-state index contributed by atoms with van der Waals surface area (Å²) in [6, 6.07) is 0. The smallest absolute Gasteiger partial charge is 0.550 e. The van der Waals surface area contributed by atoms with Gasteiger partial charge in [0.25, 0.3) is 0 Å². The van der Waals surface area contributed by atoms with Crippen LogP contribution in [0, 0.1) is 0 Å². The van der Waals surface area contributed by atoms with Gasteiger partial charge in [0.1, 0.15) is 0 Å². The van der Waals surface area contributed by atoms with Crippen LogP contribution in [0.15, 0.2) is 0 Å².